The molecule has 0 unspecified atom stereocenters. The third-order valence-corrected chi connectivity index (χ3v) is 2.44. The molecule has 1 aromatic carbocycles. The first-order valence-corrected chi connectivity index (χ1v) is 6.41. The molecule has 0 aliphatic rings. The Bertz CT molecular complexity index is 388. The van der Waals surface area contributed by atoms with Crippen LogP contribution in [-0.4, -0.2) is 11.7 Å². The average Bonchev–Trinajstić information content (AvgIpc) is 2.14. The van der Waals surface area contributed by atoms with E-state index in [1.807, 2.05) is 45.0 Å². The smallest absolute Gasteiger partial charge is 0.422 e. The largest absolute Gasteiger partial charge is 0.443 e. The lowest BCUT2D eigenvalue weighted by atomic mass is 10.2. The number of ether oxygens (including phenoxy) is 1. The van der Waals surface area contributed by atoms with Crippen molar-refractivity contribution in [2.45, 2.75) is 32.9 Å². The second kappa shape index (κ2) is 6.20. The summed E-state index contributed by atoms with van der Waals surface area (Å²) < 4.78 is 6.25. The fourth-order valence-corrected chi connectivity index (χ4v) is 1.78. The summed E-state index contributed by atoms with van der Waals surface area (Å²) in [5, 5.41) is 0. The maximum Gasteiger partial charge on any atom is 0.422 e. The van der Waals surface area contributed by atoms with Crippen LogP contribution in [0.2, 0.25) is 0 Å². The number of rotatable bonds is 3. The van der Waals surface area contributed by atoms with Gasteiger partial charge in [0.1, 0.15) is 5.60 Å². The van der Waals surface area contributed by atoms with Gasteiger partial charge in [0.15, 0.2) is 0 Å². The van der Waals surface area contributed by atoms with E-state index in [9.17, 15) is 4.79 Å². The number of amides is 1. The zero-order valence-electron chi connectivity index (χ0n) is 10.2. The van der Waals surface area contributed by atoms with Gasteiger partial charge in [-0.05, 0) is 61.1 Å². The number of benzene rings is 1. The fourth-order valence-electron chi connectivity index (χ4n) is 1.17. The highest BCUT2D eigenvalue weighted by Gasteiger charge is 2.15. The van der Waals surface area contributed by atoms with Crippen LogP contribution >= 0.6 is 22.6 Å². The van der Waals surface area contributed by atoms with E-state index in [1.165, 1.54) is 3.57 Å². The van der Waals surface area contributed by atoms with E-state index in [1.54, 1.807) is 0 Å². The monoisotopic (exact) mass is 348 g/mol. The van der Waals surface area contributed by atoms with Crippen molar-refractivity contribution >= 4 is 28.7 Å². The minimum Gasteiger partial charge on any atom is -0.443 e. The molecule has 0 aliphatic carbocycles. The molecule has 0 heterocycles. The summed E-state index contributed by atoms with van der Waals surface area (Å²) in [5.74, 6) is 0. The maximum atomic E-state index is 11.3. The lowest BCUT2D eigenvalue weighted by molar-refractivity contribution is 0.0497. The standard InChI is InChI=1S/C12H17IN2O2/c1-12(2,3)17-11(16)15-14-8-9-5-4-6-10(13)7-9/h4-7,14H,8H2,1-3H3,(H,15,16). The molecular formula is C12H17IN2O2. The summed E-state index contributed by atoms with van der Waals surface area (Å²) in [7, 11) is 0. The molecule has 2 N–H and O–H groups in total. The third-order valence-electron chi connectivity index (χ3n) is 1.77. The van der Waals surface area contributed by atoms with Gasteiger partial charge in [-0.3, -0.25) is 5.43 Å². The second-order valence-corrected chi connectivity index (χ2v) is 5.86. The van der Waals surface area contributed by atoms with Crippen molar-refractivity contribution in [1.82, 2.24) is 10.9 Å². The normalized spacial score (nSPS) is 11.1. The molecule has 94 valence electrons. The Morgan fingerprint density at radius 2 is 2.12 bits per heavy atom. The average molecular weight is 348 g/mol. The molecular weight excluding hydrogens is 331 g/mol. The Kier molecular flexibility index (Phi) is 5.20. The molecule has 0 aromatic heterocycles. The molecule has 5 heteroatoms. The van der Waals surface area contributed by atoms with Crippen LogP contribution in [0.25, 0.3) is 0 Å². The Labute approximate surface area is 115 Å². The van der Waals surface area contributed by atoms with Gasteiger partial charge in [-0.25, -0.2) is 10.2 Å². The van der Waals surface area contributed by atoms with Gasteiger partial charge >= 0.3 is 6.09 Å². The molecule has 1 amide bonds. The number of nitrogens with one attached hydrogen (secondary N) is 2. The molecule has 0 saturated heterocycles. The number of hydrogen-bond acceptors (Lipinski definition) is 3. The highest BCUT2D eigenvalue weighted by molar-refractivity contribution is 14.1. The van der Waals surface area contributed by atoms with E-state index in [4.69, 9.17) is 4.74 Å². The molecule has 4 nitrogen and oxygen atoms in total. The quantitative estimate of drug-likeness (QED) is 0.652. The SMILES string of the molecule is CC(C)(C)OC(=O)NNCc1cccc(I)c1. The van der Waals surface area contributed by atoms with Crippen LogP contribution in [0.5, 0.6) is 0 Å². The molecule has 0 bridgehead atoms. The summed E-state index contributed by atoms with van der Waals surface area (Å²) in [4.78, 5) is 11.3. The Hall–Kier alpha value is -0.820. The highest BCUT2D eigenvalue weighted by atomic mass is 127. The number of carbonyl (C=O) groups excluding carboxylic acids is 1. The van der Waals surface area contributed by atoms with E-state index in [2.05, 4.69) is 33.4 Å². The van der Waals surface area contributed by atoms with Crippen molar-refractivity contribution in [3.63, 3.8) is 0 Å². The molecule has 0 atom stereocenters. The van der Waals surface area contributed by atoms with Crippen LogP contribution in [0.4, 0.5) is 4.79 Å². The van der Waals surface area contributed by atoms with Crippen LogP contribution in [0, 0.1) is 3.57 Å². The van der Waals surface area contributed by atoms with E-state index >= 15 is 0 Å². The fraction of sp³-hybridized carbons (Fsp3) is 0.417. The van der Waals surface area contributed by atoms with Crippen molar-refractivity contribution in [1.29, 1.82) is 0 Å². The van der Waals surface area contributed by atoms with E-state index in [-0.39, 0.29) is 0 Å². The van der Waals surface area contributed by atoms with Gasteiger partial charge < -0.3 is 4.74 Å². The molecule has 0 radical (unpaired) electrons. The van der Waals surface area contributed by atoms with Crippen molar-refractivity contribution in [2.24, 2.45) is 0 Å². The Morgan fingerprint density at radius 1 is 1.41 bits per heavy atom. The first-order chi connectivity index (χ1) is 7.87. The van der Waals surface area contributed by atoms with Gasteiger partial charge in [-0.15, -0.1) is 0 Å². The third kappa shape index (κ3) is 6.48. The van der Waals surface area contributed by atoms with Crippen molar-refractivity contribution in [3.8, 4) is 0 Å². The van der Waals surface area contributed by atoms with E-state index < -0.39 is 11.7 Å². The van der Waals surface area contributed by atoms with Gasteiger partial charge in [-0.2, -0.15) is 0 Å². The molecule has 0 spiro atoms. The maximum absolute atomic E-state index is 11.3. The molecule has 0 aliphatic heterocycles. The zero-order valence-corrected chi connectivity index (χ0v) is 12.4. The van der Waals surface area contributed by atoms with Crippen molar-refractivity contribution in [3.05, 3.63) is 33.4 Å². The molecule has 1 aromatic rings. The minimum atomic E-state index is -0.478. The molecule has 17 heavy (non-hydrogen) atoms. The number of halogens is 1. The zero-order chi connectivity index (χ0) is 12.9. The summed E-state index contributed by atoms with van der Waals surface area (Å²) >= 11 is 2.25. The lowest BCUT2D eigenvalue weighted by Crippen LogP contribution is -2.40. The predicted molar refractivity (Wildman–Crippen MR) is 75.4 cm³/mol. The summed E-state index contributed by atoms with van der Waals surface area (Å²) in [5.41, 5.74) is 5.94. The van der Waals surface area contributed by atoms with Crippen LogP contribution in [0.15, 0.2) is 24.3 Å². The summed E-state index contributed by atoms with van der Waals surface area (Å²) in [6.07, 6.45) is -0.469. The molecule has 1 rings (SSSR count). The van der Waals surface area contributed by atoms with E-state index in [0.29, 0.717) is 6.54 Å². The number of carbonyl (C=O) groups is 1. The lowest BCUT2D eigenvalue weighted by Gasteiger charge is -2.19. The van der Waals surface area contributed by atoms with Gasteiger partial charge in [0.2, 0.25) is 0 Å². The Balaban J connectivity index is 2.31. The van der Waals surface area contributed by atoms with Gasteiger partial charge in [-0.1, -0.05) is 12.1 Å². The van der Waals surface area contributed by atoms with Gasteiger partial charge in [0.25, 0.3) is 0 Å². The van der Waals surface area contributed by atoms with Crippen molar-refractivity contribution in [2.75, 3.05) is 0 Å². The van der Waals surface area contributed by atoms with Crippen LogP contribution < -0.4 is 10.9 Å². The van der Waals surface area contributed by atoms with E-state index in [0.717, 1.165) is 5.56 Å². The highest BCUT2D eigenvalue weighted by Crippen LogP contribution is 2.07. The Morgan fingerprint density at radius 3 is 2.71 bits per heavy atom. The first-order valence-electron chi connectivity index (χ1n) is 5.33. The number of hydrazine groups is 1. The van der Waals surface area contributed by atoms with Gasteiger partial charge in [0, 0.05) is 10.1 Å². The molecule has 0 saturated carbocycles. The van der Waals surface area contributed by atoms with Gasteiger partial charge in [0.05, 0.1) is 0 Å². The van der Waals surface area contributed by atoms with Crippen LogP contribution in [0.3, 0.4) is 0 Å². The van der Waals surface area contributed by atoms with Crippen LogP contribution in [-0.2, 0) is 11.3 Å². The van der Waals surface area contributed by atoms with Crippen molar-refractivity contribution < 1.29 is 9.53 Å². The summed E-state index contributed by atoms with van der Waals surface area (Å²) in [6, 6.07) is 8.04. The minimum absolute atomic E-state index is 0.469. The second-order valence-electron chi connectivity index (χ2n) is 4.61. The van der Waals surface area contributed by atoms with Crippen LogP contribution in [0.1, 0.15) is 26.3 Å². The topological polar surface area (TPSA) is 50.4 Å². The first kappa shape index (κ1) is 14.2. The predicted octanol–water partition coefficient (Wildman–Crippen LogP) is 2.82. The molecule has 0 fully saturated rings. The summed E-state index contributed by atoms with van der Waals surface area (Å²) in [6.45, 7) is 6.04. The number of hydrogen-bond donors (Lipinski definition) is 2.